The molecule has 1 heterocycles. The number of ketones is 1. The molecule has 0 bridgehead atoms. The molecule has 0 N–H and O–H groups in total. The minimum Gasteiger partial charge on any atom is -0.329 e. The Balaban J connectivity index is 2.19. The third kappa shape index (κ3) is 2.77. The molecule has 0 radical (unpaired) electrons. The van der Waals surface area contributed by atoms with Crippen LogP contribution in [0.1, 0.15) is 51.6 Å². The summed E-state index contributed by atoms with van der Waals surface area (Å²) in [5.74, 6) is -0.578. The molecule has 1 saturated heterocycles. The van der Waals surface area contributed by atoms with Crippen LogP contribution in [-0.4, -0.2) is 23.1 Å². The lowest BCUT2D eigenvalue weighted by molar-refractivity contribution is -0.149. The van der Waals surface area contributed by atoms with Crippen LogP contribution in [0.25, 0.3) is 0 Å². The Kier molecular flexibility index (Phi) is 4.26. The first-order valence-corrected chi connectivity index (χ1v) is 7.37. The van der Waals surface area contributed by atoms with Gasteiger partial charge in [-0.15, -0.1) is 0 Å². The number of carbonyl (C=O) groups is 2. The Hall–Kier alpha value is -1.64. The SMILES string of the molecule is CCC(C)(C)C(=O)C(=O)N1CCCC1c1ccccc1. The summed E-state index contributed by atoms with van der Waals surface area (Å²) in [6, 6.07) is 10.1. The highest BCUT2D eigenvalue weighted by atomic mass is 16.2. The van der Waals surface area contributed by atoms with Crippen molar-refractivity contribution in [1.29, 1.82) is 0 Å². The maximum absolute atomic E-state index is 12.5. The number of hydrogen-bond acceptors (Lipinski definition) is 2. The van der Waals surface area contributed by atoms with Gasteiger partial charge in [-0.2, -0.15) is 0 Å². The highest BCUT2D eigenvalue weighted by Crippen LogP contribution is 2.33. The molecule has 1 unspecified atom stereocenters. The van der Waals surface area contributed by atoms with Gasteiger partial charge in [0, 0.05) is 12.0 Å². The smallest absolute Gasteiger partial charge is 0.291 e. The number of amides is 1. The standard InChI is InChI=1S/C17H23NO2/c1-4-17(2,3)15(19)16(20)18-12-8-11-14(18)13-9-6-5-7-10-13/h5-7,9-10,14H,4,8,11-12H2,1-3H3. The molecule has 3 nitrogen and oxygen atoms in total. The van der Waals surface area contributed by atoms with Crippen molar-refractivity contribution < 1.29 is 9.59 Å². The lowest BCUT2D eigenvalue weighted by atomic mass is 9.84. The molecule has 3 heteroatoms. The van der Waals surface area contributed by atoms with Crippen molar-refractivity contribution in [3.05, 3.63) is 35.9 Å². The lowest BCUT2D eigenvalue weighted by Crippen LogP contribution is -2.42. The van der Waals surface area contributed by atoms with Crippen LogP contribution in [-0.2, 0) is 9.59 Å². The number of carbonyl (C=O) groups excluding carboxylic acids is 2. The van der Waals surface area contributed by atoms with Gasteiger partial charge < -0.3 is 4.90 Å². The Labute approximate surface area is 121 Å². The van der Waals surface area contributed by atoms with E-state index in [1.165, 1.54) is 0 Å². The summed E-state index contributed by atoms with van der Waals surface area (Å²) < 4.78 is 0. The molecule has 1 fully saturated rings. The molecule has 2 rings (SSSR count). The average molecular weight is 273 g/mol. The van der Waals surface area contributed by atoms with E-state index in [0.29, 0.717) is 13.0 Å². The van der Waals surface area contributed by atoms with E-state index >= 15 is 0 Å². The van der Waals surface area contributed by atoms with Crippen LogP contribution in [0.4, 0.5) is 0 Å². The van der Waals surface area contributed by atoms with Gasteiger partial charge in [0.25, 0.3) is 5.91 Å². The summed E-state index contributed by atoms with van der Waals surface area (Å²) in [6.07, 6.45) is 2.59. The monoisotopic (exact) mass is 273 g/mol. The summed E-state index contributed by atoms with van der Waals surface area (Å²) in [7, 11) is 0. The maximum Gasteiger partial charge on any atom is 0.291 e. The number of Topliss-reactive ketones (excluding diaryl/α,β-unsaturated/α-hetero) is 1. The second-order valence-corrected chi connectivity index (χ2v) is 6.13. The molecule has 1 aromatic rings. The van der Waals surface area contributed by atoms with Gasteiger partial charge in [0.15, 0.2) is 0 Å². The Morgan fingerprint density at radius 3 is 2.50 bits per heavy atom. The van der Waals surface area contributed by atoms with Crippen molar-refractivity contribution >= 4 is 11.7 Å². The highest BCUT2D eigenvalue weighted by Gasteiger charge is 2.38. The van der Waals surface area contributed by atoms with E-state index in [9.17, 15) is 9.59 Å². The van der Waals surface area contributed by atoms with Gasteiger partial charge in [-0.1, -0.05) is 51.1 Å². The largest absolute Gasteiger partial charge is 0.329 e. The summed E-state index contributed by atoms with van der Waals surface area (Å²) in [5.41, 5.74) is 0.557. The van der Waals surface area contributed by atoms with E-state index in [-0.39, 0.29) is 17.7 Å². The number of benzene rings is 1. The maximum atomic E-state index is 12.5. The number of hydrogen-bond donors (Lipinski definition) is 0. The molecule has 0 saturated carbocycles. The quantitative estimate of drug-likeness (QED) is 0.789. The van der Waals surface area contributed by atoms with Crippen LogP contribution < -0.4 is 0 Å². The van der Waals surface area contributed by atoms with Gasteiger partial charge in [-0.05, 0) is 24.8 Å². The van der Waals surface area contributed by atoms with Crippen molar-refractivity contribution in [2.45, 2.75) is 46.1 Å². The van der Waals surface area contributed by atoms with Crippen LogP contribution in [0.15, 0.2) is 30.3 Å². The van der Waals surface area contributed by atoms with Gasteiger partial charge >= 0.3 is 0 Å². The van der Waals surface area contributed by atoms with Gasteiger partial charge in [-0.25, -0.2) is 0 Å². The van der Waals surface area contributed by atoms with E-state index < -0.39 is 5.41 Å². The summed E-state index contributed by atoms with van der Waals surface area (Å²) in [5, 5.41) is 0. The van der Waals surface area contributed by atoms with E-state index in [1.807, 2.05) is 51.1 Å². The van der Waals surface area contributed by atoms with Crippen LogP contribution in [0.2, 0.25) is 0 Å². The molecular weight excluding hydrogens is 250 g/mol. The average Bonchev–Trinajstić information content (AvgIpc) is 2.96. The fourth-order valence-corrected chi connectivity index (χ4v) is 2.61. The third-order valence-corrected chi connectivity index (χ3v) is 4.39. The fraction of sp³-hybridized carbons (Fsp3) is 0.529. The molecule has 0 spiro atoms. The van der Waals surface area contributed by atoms with E-state index in [2.05, 4.69) is 0 Å². The molecule has 1 amide bonds. The minimum atomic E-state index is -0.569. The fourth-order valence-electron chi connectivity index (χ4n) is 2.61. The zero-order valence-electron chi connectivity index (χ0n) is 12.6. The lowest BCUT2D eigenvalue weighted by Gasteiger charge is -2.28. The molecule has 108 valence electrons. The zero-order valence-corrected chi connectivity index (χ0v) is 12.6. The van der Waals surface area contributed by atoms with E-state index in [0.717, 1.165) is 18.4 Å². The molecule has 1 aliphatic heterocycles. The second-order valence-electron chi connectivity index (χ2n) is 6.13. The van der Waals surface area contributed by atoms with Crippen LogP contribution >= 0.6 is 0 Å². The molecule has 1 aliphatic rings. The molecule has 20 heavy (non-hydrogen) atoms. The topological polar surface area (TPSA) is 37.4 Å². The first-order valence-electron chi connectivity index (χ1n) is 7.37. The highest BCUT2D eigenvalue weighted by molar-refractivity contribution is 6.38. The second kappa shape index (κ2) is 5.78. The summed E-state index contributed by atoms with van der Waals surface area (Å²) in [4.78, 5) is 26.6. The summed E-state index contributed by atoms with van der Waals surface area (Å²) >= 11 is 0. The van der Waals surface area contributed by atoms with Crippen molar-refractivity contribution in [3.8, 4) is 0 Å². The zero-order chi connectivity index (χ0) is 14.8. The molecule has 0 aliphatic carbocycles. The Morgan fingerprint density at radius 2 is 1.90 bits per heavy atom. The van der Waals surface area contributed by atoms with E-state index in [4.69, 9.17) is 0 Å². The van der Waals surface area contributed by atoms with E-state index in [1.54, 1.807) is 4.90 Å². The van der Waals surface area contributed by atoms with Crippen molar-refractivity contribution in [2.24, 2.45) is 5.41 Å². The van der Waals surface area contributed by atoms with Gasteiger partial charge in [0.05, 0.1) is 6.04 Å². The first kappa shape index (κ1) is 14.8. The van der Waals surface area contributed by atoms with Crippen molar-refractivity contribution in [3.63, 3.8) is 0 Å². The normalized spacial score (nSPS) is 19.1. The van der Waals surface area contributed by atoms with Crippen molar-refractivity contribution in [1.82, 2.24) is 4.90 Å². The molecule has 1 atom stereocenters. The molecular formula is C17H23NO2. The molecule has 0 aromatic heterocycles. The predicted molar refractivity (Wildman–Crippen MR) is 79.2 cm³/mol. The number of rotatable bonds is 4. The first-order chi connectivity index (χ1) is 9.47. The van der Waals surface area contributed by atoms with Crippen LogP contribution in [0, 0.1) is 5.41 Å². The van der Waals surface area contributed by atoms with Crippen LogP contribution in [0.3, 0.4) is 0 Å². The number of nitrogens with zero attached hydrogens (tertiary/aromatic N) is 1. The predicted octanol–water partition coefficient (Wildman–Crippen LogP) is 3.36. The van der Waals surface area contributed by atoms with Gasteiger partial charge in [-0.3, -0.25) is 9.59 Å². The Bertz CT molecular complexity index is 493. The molecule has 1 aromatic carbocycles. The number of likely N-dealkylation sites (tertiary alicyclic amines) is 1. The Morgan fingerprint density at radius 1 is 1.25 bits per heavy atom. The van der Waals surface area contributed by atoms with Gasteiger partial charge in [0.2, 0.25) is 5.78 Å². The van der Waals surface area contributed by atoms with Crippen LogP contribution in [0.5, 0.6) is 0 Å². The van der Waals surface area contributed by atoms with Gasteiger partial charge in [0.1, 0.15) is 0 Å². The third-order valence-electron chi connectivity index (χ3n) is 4.39. The van der Waals surface area contributed by atoms with Crippen molar-refractivity contribution in [2.75, 3.05) is 6.54 Å². The summed E-state index contributed by atoms with van der Waals surface area (Å²) in [6.45, 7) is 6.33. The minimum absolute atomic E-state index is 0.0558.